The summed E-state index contributed by atoms with van der Waals surface area (Å²) in [6.07, 6.45) is 1.15. The van der Waals surface area contributed by atoms with Gasteiger partial charge in [-0.1, -0.05) is 36.9 Å². The van der Waals surface area contributed by atoms with Crippen LogP contribution >= 0.6 is 11.3 Å². The SMILES string of the molecule is C=CC(=O)N(CC(=O)OC)c1nc(-c2ccccc2)cs1. The number of anilines is 1. The average Bonchev–Trinajstić information content (AvgIpc) is 3.02. The summed E-state index contributed by atoms with van der Waals surface area (Å²) >= 11 is 1.29. The first kappa shape index (κ1) is 14.9. The number of hydrogen-bond acceptors (Lipinski definition) is 5. The summed E-state index contributed by atoms with van der Waals surface area (Å²) in [6, 6.07) is 9.60. The fraction of sp³-hybridized carbons (Fsp3) is 0.133. The molecule has 0 radical (unpaired) electrons. The number of rotatable bonds is 5. The molecule has 0 N–H and O–H groups in total. The van der Waals surface area contributed by atoms with Crippen molar-refractivity contribution in [2.75, 3.05) is 18.6 Å². The lowest BCUT2D eigenvalue weighted by atomic mass is 10.2. The van der Waals surface area contributed by atoms with Gasteiger partial charge in [0.15, 0.2) is 5.13 Å². The number of carbonyl (C=O) groups is 2. The Balaban J connectivity index is 2.29. The van der Waals surface area contributed by atoms with E-state index in [1.807, 2.05) is 35.7 Å². The first-order chi connectivity index (χ1) is 10.2. The average molecular weight is 302 g/mol. The number of methoxy groups -OCH3 is 1. The molecule has 0 bridgehead atoms. The van der Waals surface area contributed by atoms with Gasteiger partial charge in [0.2, 0.25) is 0 Å². The molecule has 0 aliphatic carbocycles. The van der Waals surface area contributed by atoms with Crippen LogP contribution in [0, 0.1) is 0 Å². The molecule has 108 valence electrons. The van der Waals surface area contributed by atoms with Gasteiger partial charge in [-0.2, -0.15) is 0 Å². The van der Waals surface area contributed by atoms with Crippen molar-refractivity contribution in [2.45, 2.75) is 0 Å². The number of aromatic nitrogens is 1. The minimum Gasteiger partial charge on any atom is -0.468 e. The predicted octanol–water partition coefficient (Wildman–Crippen LogP) is 2.50. The third kappa shape index (κ3) is 3.55. The number of esters is 1. The first-order valence-corrected chi connectivity index (χ1v) is 7.05. The zero-order valence-electron chi connectivity index (χ0n) is 11.5. The van der Waals surface area contributed by atoms with E-state index in [0.29, 0.717) is 5.13 Å². The Morgan fingerprint density at radius 2 is 2.10 bits per heavy atom. The van der Waals surface area contributed by atoms with Gasteiger partial charge in [0.25, 0.3) is 5.91 Å². The maximum absolute atomic E-state index is 11.9. The highest BCUT2D eigenvalue weighted by molar-refractivity contribution is 7.14. The number of nitrogens with zero attached hydrogens (tertiary/aromatic N) is 2. The molecule has 0 aliphatic heterocycles. The van der Waals surface area contributed by atoms with Crippen LogP contribution in [-0.2, 0) is 14.3 Å². The molecule has 6 heteroatoms. The van der Waals surface area contributed by atoms with Crippen LogP contribution in [0.3, 0.4) is 0 Å². The second-order valence-electron chi connectivity index (χ2n) is 4.09. The van der Waals surface area contributed by atoms with Gasteiger partial charge >= 0.3 is 5.97 Å². The second kappa shape index (κ2) is 6.81. The number of thiazole rings is 1. The Labute approximate surface area is 126 Å². The molecule has 1 aromatic heterocycles. The van der Waals surface area contributed by atoms with E-state index in [1.165, 1.54) is 23.3 Å². The number of ether oxygens (including phenoxy) is 1. The molecule has 1 heterocycles. The minimum absolute atomic E-state index is 0.191. The molecule has 0 saturated carbocycles. The van der Waals surface area contributed by atoms with Gasteiger partial charge < -0.3 is 4.74 Å². The van der Waals surface area contributed by atoms with Crippen molar-refractivity contribution in [3.63, 3.8) is 0 Å². The molecule has 0 fully saturated rings. The summed E-state index contributed by atoms with van der Waals surface area (Å²) < 4.78 is 4.60. The monoisotopic (exact) mass is 302 g/mol. The molecular weight excluding hydrogens is 288 g/mol. The Kier molecular flexibility index (Phi) is 4.84. The molecule has 1 amide bonds. The van der Waals surface area contributed by atoms with Gasteiger partial charge in [-0.3, -0.25) is 14.5 Å². The third-order valence-corrected chi connectivity index (χ3v) is 3.61. The number of hydrogen-bond donors (Lipinski definition) is 0. The highest BCUT2D eigenvalue weighted by Gasteiger charge is 2.20. The van der Waals surface area contributed by atoms with Crippen LogP contribution in [0.2, 0.25) is 0 Å². The standard InChI is InChI=1S/C15H14N2O3S/c1-3-13(18)17(9-14(19)20-2)15-16-12(10-21-15)11-7-5-4-6-8-11/h3-8,10H,1,9H2,2H3. The van der Waals surface area contributed by atoms with E-state index in [1.54, 1.807) is 0 Å². The number of benzene rings is 1. The summed E-state index contributed by atoms with van der Waals surface area (Å²) in [5, 5.41) is 2.27. The summed E-state index contributed by atoms with van der Waals surface area (Å²) in [5.41, 5.74) is 1.70. The normalized spacial score (nSPS) is 9.95. The van der Waals surface area contributed by atoms with Crippen molar-refractivity contribution in [1.29, 1.82) is 0 Å². The second-order valence-corrected chi connectivity index (χ2v) is 4.92. The molecule has 21 heavy (non-hydrogen) atoms. The van der Waals surface area contributed by atoms with Gasteiger partial charge in [0, 0.05) is 10.9 Å². The van der Waals surface area contributed by atoms with Crippen LogP contribution in [0.5, 0.6) is 0 Å². The Hall–Kier alpha value is -2.47. The molecule has 2 aromatic rings. The quantitative estimate of drug-likeness (QED) is 0.629. The van der Waals surface area contributed by atoms with Gasteiger partial charge in [0.1, 0.15) is 6.54 Å². The molecule has 0 spiro atoms. The maximum atomic E-state index is 11.9. The van der Waals surface area contributed by atoms with Crippen molar-refractivity contribution in [2.24, 2.45) is 0 Å². The Bertz CT molecular complexity index is 652. The van der Waals surface area contributed by atoms with Gasteiger partial charge in [-0.15, -0.1) is 11.3 Å². The Morgan fingerprint density at radius 3 is 2.71 bits per heavy atom. The fourth-order valence-electron chi connectivity index (χ4n) is 1.67. The van der Waals surface area contributed by atoms with Crippen molar-refractivity contribution < 1.29 is 14.3 Å². The van der Waals surface area contributed by atoms with E-state index in [-0.39, 0.29) is 6.54 Å². The molecule has 0 saturated heterocycles. The zero-order chi connectivity index (χ0) is 15.2. The van der Waals surface area contributed by atoms with Crippen LogP contribution in [-0.4, -0.2) is 30.5 Å². The van der Waals surface area contributed by atoms with E-state index < -0.39 is 11.9 Å². The van der Waals surface area contributed by atoms with E-state index in [0.717, 1.165) is 17.3 Å². The maximum Gasteiger partial charge on any atom is 0.325 e. The van der Waals surface area contributed by atoms with E-state index in [2.05, 4.69) is 16.3 Å². The topological polar surface area (TPSA) is 59.5 Å². The highest BCUT2D eigenvalue weighted by Crippen LogP contribution is 2.27. The summed E-state index contributed by atoms with van der Waals surface area (Å²) in [6.45, 7) is 3.25. The predicted molar refractivity (Wildman–Crippen MR) is 82.1 cm³/mol. The number of amides is 1. The van der Waals surface area contributed by atoms with E-state index in [4.69, 9.17) is 0 Å². The van der Waals surface area contributed by atoms with E-state index >= 15 is 0 Å². The Morgan fingerprint density at radius 1 is 1.38 bits per heavy atom. The van der Waals surface area contributed by atoms with Crippen LogP contribution in [0.4, 0.5) is 5.13 Å². The van der Waals surface area contributed by atoms with Gasteiger partial charge in [-0.05, 0) is 6.08 Å². The lowest BCUT2D eigenvalue weighted by molar-refractivity contribution is -0.139. The summed E-state index contributed by atoms with van der Waals surface area (Å²) in [4.78, 5) is 28.9. The molecule has 2 rings (SSSR count). The lowest BCUT2D eigenvalue weighted by Gasteiger charge is -2.16. The summed E-state index contributed by atoms with van der Waals surface area (Å²) in [7, 11) is 1.27. The van der Waals surface area contributed by atoms with Crippen LogP contribution in [0.25, 0.3) is 11.3 Å². The largest absolute Gasteiger partial charge is 0.468 e. The van der Waals surface area contributed by atoms with Crippen LogP contribution < -0.4 is 4.90 Å². The summed E-state index contributed by atoms with van der Waals surface area (Å²) in [5.74, 6) is -0.906. The van der Waals surface area contributed by atoms with E-state index in [9.17, 15) is 9.59 Å². The van der Waals surface area contributed by atoms with Crippen LogP contribution in [0.1, 0.15) is 0 Å². The molecular formula is C15H14N2O3S. The fourth-order valence-corrected chi connectivity index (χ4v) is 2.51. The van der Waals surface area contributed by atoms with Crippen molar-refractivity contribution in [3.8, 4) is 11.3 Å². The molecule has 0 unspecified atom stereocenters. The van der Waals surface area contributed by atoms with Gasteiger partial charge in [-0.25, -0.2) is 4.98 Å². The smallest absolute Gasteiger partial charge is 0.325 e. The highest BCUT2D eigenvalue weighted by atomic mass is 32.1. The molecule has 0 atom stereocenters. The van der Waals surface area contributed by atoms with Crippen LogP contribution in [0.15, 0.2) is 48.4 Å². The first-order valence-electron chi connectivity index (χ1n) is 6.17. The van der Waals surface area contributed by atoms with Gasteiger partial charge in [0.05, 0.1) is 12.8 Å². The molecule has 0 aliphatic rings. The third-order valence-electron chi connectivity index (χ3n) is 2.75. The van der Waals surface area contributed by atoms with Crippen molar-refractivity contribution in [3.05, 3.63) is 48.4 Å². The lowest BCUT2D eigenvalue weighted by Crippen LogP contribution is -2.34. The molecule has 1 aromatic carbocycles. The molecule has 5 nitrogen and oxygen atoms in total. The number of carbonyl (C=O) groups excluding carboxylic acids is 2. The van der Waals surface area contributed by atoms with Crippen molar-refractivity contribution >= 4 is 28.3 Å². The minimum atomic E-state index is -0.512. The zero-order valence-corrected chi connectivity index (χ0v) is 12.3. The van der Waals surface area contributed by atoms with Crippen molar-refractivity contribution in [1.82, 2.24) is 4.98 Å².